The van der Waals surface area contributed by atoms with Crippen LogP contribution in [-0.2, 0) is 6.54 Å². The zero-order chi connectivity index (χ0) is 9.68. The monoisotopic (exact) mass is 181 g/mol. The van der Waals surface area contributed by atoms with Gasteiger partial charge in [0.05, 0.1) is 6.61 Å². The maximum atomic E-state index is 5.38. The summed E-state index contributed by atoms with van der Waals surface area (Å²) in [5, 5.41) is 3.04. The molecule has 1 aromatic rings. The SMILES string of the molecule is CCOc1nc(C)ncc1CNC. The summed E-state index contributed by atoms with van der Waals surface area (Å²) in [4.78, 5) is 8.32. The molecule has 1 N–H and O–H groups in total. The van der Waals surface area contributed by atoms with E-state index in [2.05, 4.69) is 15.3 Å². The number of hydrogen-bond acceptors (Lipinski definition) is 4. The fourth-order valence-corrected chi connectivity index (χ4v) is 1.05. The van der Waals surface area contributed by atoms with Crippen LogP contribution in [0.1, 0.15) is 18.3 Å². The van der Waals surface area contributed by atoms with E-state index >= 15 is 0 Å². The molecular weight excluding hydrogens is 166 g/mol. The molecule has 0 saturated carbocycles. The summed E-state index contributed by atoms with van der Waals surface area (Å²) in [6.07, 6.45) is 1.80. The van der Waals surface area contributed by atoms with Crippen molar-refractivity contribution in [3.05, 3.63) is 17.6 Å². The first-order chi connectivity index (χ1) is 6.27. The lowest BCUT2D eigenvalue weighted by Gasteiger charge is -2.08. The lowest BCUT2D eigenvalue weighted by atomic mass is 10.3. The van der Waals surface area contributed by atoms with E-state index in [4.69, 9.17) is 4.74 Å². The zero-order valence-corrected chi connectivity index (χ0v) is 8.29. The third kappa shape index (κ3) is 2.66. The van der Waals surface area contributed by atoms with Crippen molar-refractivity contribution >= 4 is 0 Å². The molecule has 0 aliphatic heterocycles. The van der Waals surface area contributed by atoms with Gasteiger partial charge in [-0.15, -0.1) is 0 Å². The van der Waals surface area contributed by atoms with E-state index in [-0.39, 0.29) is 0 Å². The van der Waals surface area contributed by atoms with E-state index in [1.165, 1.54) is 0 Å². The molecule has 72 valence electrons. The Bertz CT molecular complexity index is 276. The van der Waals surface area contributed by atoms with E-state index < -0.39 is 0 Å². The minimum atomic E-state index is 0.632. The number of nitrogens with zero attached hydrogens (tertiary/aromatic N) is 2. The van der Waals surface area contributed by atoms with E-state index in [0.717, 1.165) is 17.9 Å². The standard InChI is InChI=1S/C9H15N3O/c1-4-13-9-8(5-10-3)6-11-7(2)12-9/h6,10H,4-5H2,1-3H3. The Labute approximate surface area is 78.4 Å². The molecule has 0 radical (unpaired) electrons. The highest BCUT2D eigenvalue weighted by atomic mass is 16.5. The van der Waals surface area contributed by atoms with Gasteiger partial charge < -0.3 is 10.1 Å². The molecule has 0 unspecified atom stereocenters. The summed E-state index contributed by atoms with van der Waals surface area (Å²) in [6.45, 7) is 5.16. The molecule has 1 aromatic heterocycles. The Morgan fingerprint density at radius 2 is 2.31 bits per heavy atom. The van der Waals surface area contributed by atoms with Crippen molar-refractivity contribution in [3.63, 3.8) is 0 Å². The fourth-order valence-electron chi connectivity index (χ4n) is 1.05. The minimum absolute atomic E-state index is 0.632. The van der Waals surface area contributed by atoms with Crippen LogP contribution < -0.4 is 10.1 Å². The Hall–Kier alpha value is -1.16. The first-order valence-corrected chi connectivity index (χ1v) is 4.37. The second-order valence-electron chi connectivity index (χ2n) is 2.71. The Balaban J connectivity index is 2.89. The summed E-state index contributed by atoms with van der Waals surface area (Å²) in [5.41, 5.74) is 0.995. The molecule has 0 bridgehead atoms. The van der Waals surface area contributed by atoms with Crippen molar-refractivity contribution in [2.75, 3.05) is 13.7 Å². The Kier molecular flexibility index (Phi) is 3.64. The van der Waals surface area contributed by atoms with Crippen molar-refractivity contribution < 1.29 is 4.74 Å². The second kappa shape index (κ2) is 4.77. The average molecular weight is 181 g/mol. The highest BCUT2D eigenvalue weighted by Crippen LogP contribution is 2.13. The minimum Gasteiger partial charge on any atom is -0.478 e. The normalized spacial score (nSPS) is 10.1. The van der Waals surface area contributed by atoms with Crippen molar-refractivity contribution in [3.8, 4) is 5.88 Å². The molecule has 0 amide bonds. The molecular formula is C9H15N3O. The van der Waals surface area contributed by atoms with Crippen LogP contribution in [0.5, 0.6) is 5.88 Å². The van der Waals surface area contributed by atoms with Crippen molar-refractivity contribution in [1.82, 2.24) is 15.3 Å². The Morgan fingerprint density at radius 1 is 1.54 bits per heavy atom. The van der Waals surface area contributed by atoms with Gasteiger partial charge >= 0.3 is 0 Å². The summed E-state index contributed by atoms with van der Waals surface area (Å²) in [7, 11) is 1.88. The predicted molar refractivity (Wildman–Crippen MR) is 50.7 cm³/mol. The molecule has 0 aromatic carbocycles. The molecule has 0 fully saturated rings. The fraction of sp³-hybridized carbons (Fsp3) is 0.556. The average Bonchev–Trinajstić information content (AvgIpc) is 2.10. The summed E-state index contributed by atoms with van der Waals surface area (Å²) in [6, 6.07) is 0. The largest absolute Gasteiger partial charge is 0.478 e. The first-order valence-electron chi connectivity index (χ1n) is 4.37. The van der Waals surface area contributed by atoms with Gasteiger partial charge in [0.25, 0.3) is 0 Å². The molecule has 4 heteroatoms. The van der Waals surface area contributed by atoms with Crippen molar-refractivity contribution in [2.24, 2.45) is 0 Å². The number of hydrogen-bond donors (Lipinski definition) is 1. The van der Waals surface area contributed by atoms with Crippen LogP contribution in [0.15, 0.2) is 6.20 Å². The number of nitrogens with one attached hydrogen (secondary N) is 1. The topological polar surface area (TPSA) is 47.0 Å². The molecule has 4 nitrogen and oxygen atoms in total. The molecule has 13 heavy (non-hydrogen) atoms. The molecule has 0 spiro atoms. The maximum absolute atomic E-state index is 5.38. The third-order valence-corrected chi connectivity index (χ3v) is 1.59. The molecule has 0 aliphatic carbocycles. The van der Waals surface area contributed by atoms with Gasteiger partial charge in [-0.3, -0.25) is 0 Å². The first kappa shape index (κ1) is 9.92. The summed E-state index contributed by atoms with van der Waals surface area (Å²) < 4.78 is 5.38. The third-order valence-electron chi connectivity index (χ3n) is 1.59. The van der Waals surface area contributed by atoms with Crippen molar-refractivity contribution in [2.45, 2.75) is 20.4 Å². The predicted octanol–water partition coefficient (Wildman–Crippen LogP) is 0.903. The quantitative estimate of drug-likeness (QED) is 0.749. The van der Waals surface area contributed by atoms with Gasteiger partial charge in [-0.2, -0.15) is 4.98 Å². The van der Waals surface area contributed by atoms with Crippen molar-refractivity contribution in [1.29, 1.82) is 0 Å². The highest BCUT2D eigenvalue weighted by Gasteiger charge is 2.04. The van der Waals surface area contributed by atoms with Gasteiger partial charge in [-0.05, 0) is 20.9 Å². The van der Waals surface area contributed by atoms with Crippen LogP contribution in [0.25, 0.3) is 0 Å². The molecule has 0 saturated heterocycles. The number of aromatic nitrogens is 2. The molecule has 0 aliphatic rings. The van der Waals surface area contributed by atoms with Crippen LogP contribution >= 0.6 is 0 Å². The van der Waals surface area contributed by atoms with E-state index in [1.807, 2.05) is 20.9 Å². The number of ether oxygens (including phenoxy) is 1. The zero-order valence-electron chi connectivity index (χ0n) is 8.29. The van der Waals surface area contributed by atoms with Gasteiger partial charge in [0, 0.05) is 18.3 Å². The highest BCUT2D eigenvalue weighted by molar-refractivity contribution is 5.23. The van der Waals surface area contributed by atoms with Crippen LogP contribution in [0.4, 0.5) is 0 Å². The van der Waals surface area contributed by atoms with Crippen LogP contribution in [0, 0.1) is 6.92 Å². The van der Waals surface area contributed by atoms with Gasteiger partial charge in [0.1, 0.15) is 5.82 Å². The summed E-state index contributed by atoms with van der Waals surface area (Å²) >= 11 is 0. The van der Waals surface area contributed by atoms with E-state index in [9.17, 15) is 0 Å². The lowest BCUT2D eigenvalue weighted by Crippen LogP contribution is -2.09. The van der Waals surface area contributed by atoms with Gasteiger partial charge in [-0.1, -0.05) is 0 Å². The van der Waals surface area contributed by atoms with E-state index in [1.54, 1.807) is 6.20 Å². The van der Waals surface area contributed by atoms with Gasteiger partial charge in [0.2, 0.25) is 5.88 Å². The number of aryl methyl sites for hydroxylation is 1. The lowest BCUT2D eigenvalue weighted by molar-refractivity contribution is 0.320. The van der Waals surface area contributed by atoms with E-state index in [0.29, 0.717) is 12.5 Å². The van der Waals surface area contributed by atoms with Crippen LogP contribution in [-0.4, -0.2) is 23.6 Å². The van der Waals surface area contributed by atoms with Gasteiger partial charge in [0.15, 0.2) is 0 Å². The molecule has 0 atom stereocenters. The molecule has 1 heterocycles. The maximum Gasteiger partial charge on any atom is 0.221 e. The van der Waals surface area contributed by atoms with Gasteiger partial charge in [-0.25, -0.2) is 4.98 Å². The second-order valence-corrected chi connectivity index (χ2v) is 2.71. The number of rotatable bonds is 4. The van der Waals surface area contributed by atoms with Crippen LogP contribution in [0.2, 0.25) is 0 Å². The summed E-state index contributed by atoms with van der Waals surface area (Å²) in [5.74, 6) is 1.42. The smallest absolute Gasteiger partial charge is 0.221 e. The molecule has 1 rings (SSSR count). The van der Waals surface area contributed by atoms with Crippen LogP contribution in [0.3, 0.4) is 0 Å². The Morgan fingerprint density at radius 3 is 2.92 bits per heavy atom.